The zero-order valence-electron chi connectivity index (χ0n) is 17.7. The van der Waals surface area contributed by atoms with E-state index < -0.39 is 30.4 Å². The monoisotopic (exact) mass is 395 g/mol. The largest absolute Gasteiger partial charge is 0.496 e. The molecule has 0 saturated carbocycles. The molecule has 1 saturated heterocycles. The summed E-state index contributed by atoms with van der Waals surface area (Å²) in [5, 5.41) is 9.86. The zero-order valence-corrected chi connectivity index (χ0v) is 17.7. The number of aromatic carboxylic acids is 1. The number of carbonyl (C=O) groups is 1. The van der Waals surface area contributed by atoms with Crippen molar-refractivity contribution in [2.75, 3.05) is 27.4 Å². The third kappa shape index (κ3) is 4.48. The van der Waals surface area contributed by atoms with E-state index in [1.807, 2.05) is 34.6 Å². The molecule has 1 aromatic heterocycles. The van der Waals surface area contributed by atoms with Gasteiger partial charge in [0.25, 0.3) is 0 Å². The molecule has 0 unspecified atom stereocenters. The van der Waals surface area contributed by atoms with Crippen LogP contribution in [-0.4, -0.2) is 67.9 Å². The van der Waals surface area contributed by atoms with E-state index in [9.17, 15) is 9.90 Å². The Kier molecular flexibility index (Phi) is 7.09. The summed E-state index contributed by atoms with van der Waals surface area (Å²) in [6.45, 7) is 10.2. The summed E-state index contributed by atoms with van der Waals surface area (Å²) in [6.07, 6.45) is 1.55. The molecule has 8 nitrogen and oxygen atoms in total. The van der Waals surface area contributed by atoms with Crippen LogP contribution in [0.5, 0.6) is 5.88 Å². The topological polar surface area (TPSA) is 96.3 Å². The fourth-order valence-electron chi connectivity index (χ4n) is 3.05. The SMILES string of the molecule is CCc1c(B2OC(C)(C)C(C)(C)O2)cnc(OC(COC)COC)c1C(=O)O. The van der Waals surface area contributed by atoms with E-state index in [0.717, 1.165) is 0 Å². The van der Waals surface area contributed by atoms with Gasteiger partial charge in [-0.2, -0.15) is 0 Å². The van der Waals surface area contributed by atoms with E-state index in [0.29, 0.717) is 17.4 Å². The zero-order chi connectivity index (χ0) is 21.1. The second-order valence-corrected chi connectivity index (χ2v) is 7.77. The molecule has 0 aliphatic carbocycles. The van der Waals surface area contributed by atoms with E-state index in [1.54, 1.807) is 6.20 Å². The fraction of sp³-hybridized carbons (Fsp3) is 0.684. The summed E-state index contributed by atoms with van der Waals surface area (Å²) in [6, 6.07) is 0. The Bertz CT molecular complexity index is 686. The van der Waals surface area contributed by atoms with E-state index in [-0.39, 0.29) is 24.7 Å². The Balaban J connectivity index is 2.46. The molecule has 28 heavy (non-hydrogen) atoms. The van der Waals surface area contributed by atoms with Gasteiger partial charge in [0.2, 0.25) is 5.88 Å². The number of nitrogens with zero attached hydrogens (tertiary/aromatic N) is 1. The number of hydrogen-bond acceptors (Lipinski definition) is 7. The maximum atomic E-state index is 12.1. The molecular formula is C19H30BNO7. The van der Waals surface area contributed by atoms with Gasteiger partial charge in [-0.25, -0.2) is 9.78 Å². The predicted molar refractivity (Wildman–Crippen MR) is 104 cm³/mol. The van der Waals surface area contributed by atoms with Gasteiger partial charge in [0, 0.05) is 25.9 Å². The number of ether oxygens (including phenoxy) is 3. The lowest BCUT2D eigenvalue weighted by molar-refractivity contribution is 0.00578. The molecule has 0 amide bonds. The van der Waals surface area contributed by atoms with E-state index in [2.05, 4.69) is 4.98 Å². The van der Waals surface area contributed by atoms with E-state index in [4.69, 9.17) is 23.5 Å². The van der Waals surface area contributed by atoms with Crippen molar-refractivity contribution in [3.05, 3.63) is 17.3 Å². The first-order valence-corrected chi connectivity index (χ1v) is 9.33. The van der Waals surface area contributed by atoms with Gasteiger partial charge in [0.15, 0.2) is 0 Å². The number of methoxy groups -OCH3 is 2. The van der Waals surface area contributed by atoms with Gasteiger partial charge >= 0.3 is 13.1 Å². The lowest BCUT2D eigenvalue weighted by Crippen LogP contribution is -2.41. The molecule has 2 heterocycles. The normalized spacial score (nSPS) is 17.9. The smallest absolute Gasteiger partial charge is 0.477 e. The van der Waals surface area contributed by atoms with Crippen LogP contribution in [-0.2, 0) is 25.2 Å². The summed E-state index contributed by atoms with van der Waals surface area (Å²) >= 11 is 0. The molecule has 1 aromatic rings. The number of rotatable bonds is 9. The van der Waals surface area contributed by atoms with Crippen LogP contribution < -0.4 is 10.2 Å². The molecule has 1 N–H and O–H groups in total. The van der Waals surface area contributed by atoms with Gasteiger partial charge in [-0.15, -0.1) is 0 Å². The maximum absolute atomic E-state index is 12.1. The van der Waals surface area contributed by atoms with Crippen LogP contribution in [0.3, 0.4) is 0 Å². The van der Waals surface area contributed by atoms with Crippen LogP contribution in [0, 0.1) is 0 Å². The van der Waals surface area contributed by atoms with Crippen LogP contribution in [0.2, 0.25) is 0 Å². The Morgan fingerprint density at radius 1 is 1.18 bits per heavy atom. The predicted octanol–water partition coefficient (Wildman–Crippen LogP) is 1.68. The molecular weight excluding hydrogens is 365 g/mol. The number of carboxylic acid groups (broad SMARTS) is 1. The minimum atomic E-state index is -1.12. The number of pyridine rings is 1. The van der Waals surface area contributed by atoms with E-state index in [1.165, 1.54) is 14.2 Å². The minimum absolute atomic E-state index is 0.00641. The summed E-state index contributed by atoms with van der Waals surface area (Å²) in [5.41, 5.74) is 0.101. The van der Waals surface area contributed by atoms with Crippen molar-refractivity contribution in [3.63, 3.8) is 0 Å². The summed E-state index contributed by atoms with van der Waals surface area (Å²) < 4.78 is 28.2. The lowest BCUT2D eigenvalue weighted by Gasteiger charge is -2.32. The number of carboxylic acids is 1. The highest BCUT2D eigenvalue weighted by Crippen LogP contribution is 2.37. The van der Waals surface area contributed by atoms with Crippen molar-refractivity contribution >= 4 is 18.6 Å². The summed E-state index contributed by atoms with van der Waals surface area (Å²) in [4.78, 5) is 16.3. The standard InChI is InChI=1S/C19H30BNO7/c1-8-13-14(20-27-18(2,3)19(4,5)28-20)9-21-16(15(13)17(22)23)26-12(10-24-6)11-25-7/h9,12H,8,10-11H2,1-7H3,(H,22,23). The molecule has 0 spiro atoms. The molecule has 0 bridgehead atoms. The lowest BCUT2D eigenvalue weighted by atomic mass is 9.75. The Labute approximate surface area is 166 Å². The van der Waals surface area contributed by atoms with Crippen LogP contribution in [0.15, 0.2) is 6.20 Å². The quantitative estimate of drug-likeness (QED) is 0.631. The molecule has 0 aromatic carbocycles. The van der Waals surface area contributed by atoms with Gasteiger partial charge in [0.1, 0.15) is 11.7 Å². The van der Waals surface area contributed by atoms with Gasteiger partial charge < -0.3 is 28.6 Å². The second-order valence-electron chi connectivity index (χ2n) is 7.77. The maximum Gasteiger partial charge on any atom is 0.496 e. The molecule has 1 fully saturated rings. The van der Waals surface area contributed by atoms with Crippen LogP contribution in [0.4, 0.5) is 0 Å². The van der Waals surface area contributed by atoms with Crippen molar-refractivity contribution in [2.45, 2.75) is 58.3 Å². The molecule has 1 aliphatic rings. The van der Waals surface area contributed by atoms with Gasteiger partial charge in [-0.1, -0.05) is 6.92 Å². The highest BCUT2D eigenvalue weighted by atomic mass is 16.7. The first kappa shape index (κ1) is 22.6. The number of aromatic nitrogens is 1. The van der Waals surface area contributed by atoms with Crippen molar-refractivity contribution < 1.29 is 33.4 Å². The van der Waals surface area contributed by atoms with Gasteiger partial charge in [-0.05, 0) is 39.7 Å². The molecule has 1 aliphatic heterocycles. The van der Waals surface area contributed by atoms with Gasteiger partial charge in [0.05, 0.1) is 24.4 Å². The van der Waals surface area contributed by atoms with Crippen molar-refractivity contribution in [3.8, 4) is 5.88 Å². The first-order chi connectivity index (χ1) is 13.1. The average Bonchev–Trinajstić information content (AvgIpc) is 2.82. The second kappa shape index (κ2) is 8.77. The third-order valence-electron chi connectivity index (χ3n) is 5.24. The number of hydrogen-bond donors (Lipinski definition) is 1. The Hall–Kier alpha value is -1.68. The molecule has 156 valence electrons. The molecule has 9 heteroatoms. The summed E-state index contributed by atoms with van der Waals surface area (Å²) in [7, 11) is 2.38. The molecule has 2 rings (SSSR count). The molecule has 0 radical (unpaired) electrons. The summed E-state index contributed by atoms with van der Waals surface area (Å²) in [5.74, 6) is -1.09. The Morgan fingerprint density at radius 2 is 1.71 bits per heavy atom. The van der Waals surface area contributed by atoms with Crippen molar-refractivity contribution in [2.24, 2.45) is 0 Å². The van der Waals surface area contributed by atoms with Crippen LogP contribution in [0.1, 0.15) is 50.5 Å². The molecule has 0 atom stereocenters. The van der Waals surface area contributed by atoms with Crippen molar-refractivity contribution in [1.82, 2.24) is 4.98 Å². The minimum Gasteiger partial charge on any atom is -0.477 e. The highest BCUT2D eigenvalue weighted by Gasteiger charge is 2.52. The Morgan fingerprint density at radius 3 is 2.14 bits per heavy atom. The van der Waals surface area contributed by atoms with Crippen LogP contribution in [0.25, 0.3) is 0 Å². The highest BCUT2D eigenvalue weighted by molar-refractivity contribution is 6.62. The van der Waals surface area contributed by atoms with Crippen molar-refractivity contribution in [1.29, 1.82) is 0 Å². The fourth-order valence-corrected chi connectivity index (χ4v) is 3.05. The first-order valence-electron chi connectivity index (χ1n) is 9.33. The third-order valence-corrected chi connectivity index (χ3v) is 5.24. The van der Waals surface area contributed by atoms with Gasteiger partial charge in [-0.3, -0.25) is 0 Å². The average molecular weight is 395 g/mol. The van der Waals surface area contributed by atoms with Crippen LogP contribution >= 0.6 is 0 Å². The van der Waals surface area contributed by atoms with E-state index >= 15 is 0 Å².